The summed E-state index contributed by atoms with van der Waals surface area (Å²) in [5, 5.41) is 7.89. The molecular weight excluding hydrogens is 300 g/mol. The van der Waals surface area contributed by atoms with Crippen LogP contribution in [0.2, 0.25) is 0 Å². The third-order valence-corrected chi connectivity index (χ3v) is 3.70. The Balaban J connectivity index is 1.71. The first kappa shape index (κ1) is 14.2. The zero-order valence-corrected chi connectivity index (χ0v) is 12.9. The fraction of sp³-hybridized carbons (Fsp3) is 0.0556. The van der Waals surface area contributed by atoms with Gasteiger partial charge in [0.05, 0.1) is 5.69 Å². The molecule has 0 bridgehead atoms. The highest BCUT2D eigenvalue weighted by molar-refractivity contribution is 5.65. The van der Waals surface area contributed by atoms with Crippen molar-refractivity contribution in [2.24, 2.45) is 0 Å². The van der Waals surface area contributed by atoms with E-state index in [9.17, 15) is 0 Å². The Morgan fingerprint density at radius 2 is 1.62 bits per heavy atom. The van der Waals surface area contributed by atoms with E-state index in [-0.39, 0.29) is 5.95 Å². The average molecular weight is 316 g/mol. The number of nitrogens with two attached hydrogens (primary N) is 1. The van der Waals surface area contributed by atoms with Gasteiger partial charge in [-0.25, -0.2) is 0 Å². The second-order valence-corrected chi connectivity index (χ2v) is 5.41. The summed E-state index contributed by atoms with van der Waals surface area (Å²) < 4.78 is 1.68. The molecule has 0 aliphatic carbocycles. The molecule has 0 atom stereocenters. The zero-order valence-electron chi connectivity index (χ0n) is 12.9. The quantitative estimate of drug-likeness (QED) is 0.605. The van der Waals surface area contributed by atoms with E-state index in [4.69, 9.17) is 5.73 Å². The SMILES string of the molecule is Nc1nc(NCc2ccccc2)n2nc(-c3ccccc3)cc2n1. The van der Waals surface area contributed by atoms with E-state index in [0.717, 1.165) is 16.8 Å². The standard InChI is InChI=1S/C18H16N6/c19-17-21-16-11-15(14-9-5-2-6-10-14)23-24(16)18(22-17)20-12-13-7-3-1-4-8-13/h1-11H,12H2,(H3,19,20,21,22). The van der Waals surface area contributed by atoms with Crippen molar-refractivity contribution in [3.8, 4) is 11.3 Å². The van der Waals surface area contributed by atoms with E-state index in [1.807, 2.05) is 66.7 Å². The molecule has 2 aromatic heterocycles. The molecule has 0 amide bonds. The molecule has 4 rings (SSSR count). The molecule has 0 fully saturated rings. The number of benzene rings is 2. The Bertz CT molecular complexity index is 963. The van der Waals surface area contributed by atoms with E-state index in [1.54, 1.807) is 4.52 Å². The molecule has 0 unspecified atom stereocenters. The van der Waals surface area contributed by atoms with Gasteiger partial charge in [0.15, 0.2) is 5.65 Å². The van der Waals surface area contributed by atoms with Crippen LogP contribution in [0.4, 0.5) is 11.9 Å². The number of anilines is 2. The minimum absolute atomic E-state index is 0.220. The van der Waals surface area contributed by atoms with E-state index < -0.39 is 0 Å². The Kier molecular flexibility index (Phi) is 3.55. The van der Waals surface area contributed by atoms with Gasteiger partial charge in [-0.3, -0.25) is 0 Å². The highest BCUT2D eigenvalue weighted by Gasteiger charge is 2.11. The minimum Gasteiger partial charge on any atom is -0.368 e. The molecule has 0 saturated heterocycles. The minimum atomic E-state index is 0.220. The van der Waals surface area contributed by atoms with Gasteiger partial charge in [0.1, 0.15) is 0 Å². The lowest BCUT2D eigenvalue weighted by atomic mass is 10.2. The van der Waals surface area contributed by atoms with Crippen molar-refractivity contribution < 1.29 is 0 Å². The third kappa shape index (κ3) is 2.77. The van der Waals surface area contributed by atoms with Crippen molar-refractivity contribution in [3.05, 3.63) is 72.3 Å². The maximum Gasteiger partial charge on any atom is 0.229 e. The number of nitrogen functional groups attached to an aromatic ring is 1. The molecule has 2 heterocycles. The van der Waals surface area contributed by atoms with Crippen molar-refractivity contribution >= 4 is 17.5 Å². The van der Waals surface area contributed by atoms with Crippen molar-refractivity contribution in [1.82, 2.24) is 19.6 Å². The molecule has 6 heteroatoms. The number of fused-ring (bicyclic) bond motifs is 1. The molecule has 118 valence electrons. The van der Waals surface area contributed by atoms with Crippen LogP contribution in [-0.2, 0) is 6.54 Å². The number of hydrogen-bond donors (Lipinski definition) is 2. The molecule has 6 nitrogen and oxygen atoms in total. The molecule has 0 saturated carbocycles. The lowest BCUT2D eigenvalue weighted by Gasteiger charge is -2.07. The van der Waals surface area contributed by atoms with Crippen LogP contribution in [0.25, 0.3) is 16.9 Å². The topological polar surface area (TPSA) is 81.1 Å². The van der Waals surface area contributed by atoms with Crippen LogP contribution in [0.3, 0.4) is 0 Å². The van der Waals surface area contributed by atoms with Crippen LogP contribution >= 0.6 is 0 Å². The van der Waals surface area contributed by atoms with Gasteiger partial charge >= 0.3 is 0 Å². The van der Waals surface area contributed by atoms with Crippen molar-refractivity contribution in [1.29, 1.82) is 0 Å². The number of nitrogens with one attached hydrogen (secondary N) is 1. The zero-order chi connectivity index (χ0) is 16.4. The number of aromatic nitrogens is 4. The van der Waals surface area contributed by atoms with Gasteiger partial charge in [-0.1, -0.05) is 60.7 Å². The normalized spacial score (nSPS) is 10.8. The first-order valence-corrected chi connectivity index (χ1v) is 7.66. The molecule has 0 aliphatic rings. The monoisotopic (exact) mass is 316 g/mol. The summed E-state index contributed by atoms with van der Waals surface area (Å²) in [5.74, 6) is 0.793. The third-order valence-electron chi connectivity index (χ3n) is 3.70. The summed E-state index contributed by atoms with van der Waals surface area (Å²) in [6, 6.07) is 22.0. The summed E-state index contributed by atoms with van der Waals surface area (Å²) >= 11 is 0. The Labute approximate surface area is 139 Å². The molecule has 3 N–H and O–H groups in total. The van der Waals surface area contributed by atoms with Crippen LogP contribution in [0.15, 0.2) is 66.7 Å². The highest BCUT2D eigenvalue weighted by atomic mass is 15.4. The predicted molar refractivity (Wildman–Crippen MR) is 94.4 cm³/mol. The number of nitrogens with zero attached hydrogens (tertiary/aromatic N) is 4. The van der Waals surface area contributed by atoms with Gasteiger partial charge < -0.3 is 11.1 Å². The van der Waals surface area contributed by atoms with Crippen LogP contribution in [0, 0.1) is 0 Å². The smallest absolute Gasteiger partial charge is 0.229 e. The van der Waals surface area contributed by atoms with E-state index in [0.29, 0.717) is 18.1 Å². The van der Waals surface area contributed by atoms with Crippen molar-refractivity contribution in [2.75, 3.05) is 11.1 Å². The first-order chi connectivity index (χ1) is 11.8. The number of rotatable bonds is 4. The second kappa shape index (κ2) is 6.00. The molecule has 0 aliphatic heterocycles. The van der Waals surface area contributed by atoms with Crippen LogP contribution in [-0.4, -0.2) is 19.6 Å². The van der Waals surface area contributed by atoms with Crippen LogP contribution < -0.4 is 11.1 Å². The largest absolute Gasteiger partial charge is 0.368 e. The molecular formula is C18H16N6. The molecule has 4 aromatic rings. The van der Waals surface area contributed by atoms with Crippen molar-refractivity contribution in [2.45, 2.75) is 6.54 Å². The van der Waals surface area contributed by atoms with Crippen molar-refractivity contribution in [3.63, 3.8) is 0 Å². The van der Waals surface area contributed by atoms with Gasteiger partial charge in [0.25, 0.3) is 0 Å². The number of hydrogen-bond acceptors (Lipinski definition) is 5. The highest BCUT2D eigenvalue weighted by Crippen LogP contribution is 2.21. The van der Waals surface area contributed by atoms with Gasteiger partial charge in [0.2, 0.25) is 11.9 Å². The van der Waals surface area contributed by atoms with Gasteiger partial charge in [0, 0.05) is 18.2 Å². The summed E-state index contributed by atoms with van der Waals surface area (Å²) in [7, 11) is 0. The summed E-state index contributed by atoms with van der Waals surface area (Å²) in [4.78, 5) is 8.54. The fourth-order valence-corrected chi connectivity index (χ4v) is 2.55. The average Bonchev–Trinajstić information content (AvgIpc) is 3.05. The van der Waals surface area contributed by atoms with Gasteiger partial charge in [-0.2, -0.15) is 19.6 Å². The van der Waals surface area contributed by atoms with E-state index in [1.165, 1.54) is 0 Å². The Morgan fingerprint density at radius 3 is 2.38 bits per heavy atom. The fourth-order valence-electron chi connectivity index (χ4n) is 2.55. The summed E-state index contributed by atoms with van der Waals surface area (Å²) in [6.45, 7) is 0.632. The van der Waals surface area contributed by atoms with Crippen LogP contribution in [0.1, 0.15) is 5.56 Å². The van der Waals surface area contributed by atoms with E-state index in [2.05, 4.69) is 20.4 Å². The maximum absolute atomic E-state index is 5.84. The lowest BCUT2D eigenvalue weighted by molar-refractivity contribution is 0.889. The summed E-state index contributed by atoms with van der Waals surface area (Å²) in [5.41, 5.74) is 9.51. The second-order valence-electron chi connectivity index (χ2n) is 5.41. The van der Waals surface area contributed by atoms with Gasteiger partial charge in [-0.15, -0.1) is 0 Å². The van der Waals surface area contributed by atoms with Crippen LogP contribution in [0.5, 0.6) is 0 Å². The molecule has 24 heavy (non-hydrogen) atoms. The maximum atomic E-state index is 5.84. The molecule has 2 aromatic carbocycles. The lowest BCUT2D eigenvalue weighted by Crippen LogP contribution is -2.10. The van der Waals surface area contributed by atoms with E-state index >= 15 is 0 Å². The first-order valence-electron chi connectivity index (χ1n) is 7.66. The predicted octanol–water partition coefficient (Wildman–Crippen LogP) is 2.99. The Hall–Kier alpha value is -3.41. The summed E-state index contributed by atoms with van der Waals surface area (Å²) in [6.07, 6.45) is 0. The molecule has 0 spiro atoms. The molecule has 0 radical (unpaired) electrons. The van der Waals surface area contributed by atoms with Gasteiger partial charge in [-0.05, 0) is 5.56 Å². The Morgan fingerprint density at radius 1 is 0.917 bits per heavy atom.